The number of anilines is 1. The number of hydrogen-bond donors (Lipinski definition) is 2. The maximum absolute atomic E-state index is 12.0. The maximum atomic E-state index is 12.0. The molecule has 18 heavy (non-hydrogen) atoms. The summed E-state index contributed by atoms with van der Waals surface area (Å²) in [5.74, 6) is 0.169. The average Bonchev–Trinajstić information content (AvgIpc) is 2.72. The molecule has 1 fully saturated rings. The van der Waals surface area contributed by atoms with Crippen LogP contribution in [-0.2, 0) is 4.79 Å². The lowest BCUT2D eigenvalue weighted by Crippen LogP contribution is -2.23. The fourth-order valence-corrected chi connectivity index (χ4v) is 2.60. The van der Waals surface area contributed by atoms with E-state index in [4.69, 9.17) is 5.73 Å². The Hall–Kier alpha value is -0.580. The molecule has 0 spiro atoms. The molecule has 0 bridgehead atoms. The molecule has 2 atom stereocenters. The minimum absolute atomic E-state index is 0. The fraction of sp³-hybridized carbons (Fsp3) is 0.462. The number of benzene rings is 1. The van der Waals surface area contributed by atoms with Gasteiger partial charge in [0.1, 0.15) is 0 Å². The van der Waals surface area contributed by atoms with E-state index in [0.29, 0.717) is 0 Å². The molecule has 0 saturated heterocycles. The van der Waals surface area contributed by atoms with Gasteiger partial charge in [-0.15, -0.1) is 12.4 Å². The number of carbonyl (C=O) groups excluding carboxylic acids is 1. The van der Waals surface area contributed by atoms with Crippen molar-refractivity contribution in [3.63, 3.8) is 0 Å². The lowest BCUT2D eigenvalue weighted by Gasteiger charge is -2.13. The Morgan fingerprint density at radius 1 is 1.44 bits per heavy atom. The van der Waals surface area contributed by atoms with Gasteiger partial charge in [0.2, 0.25) is 5.91 Å². The van der Waals surface area contributed by atoms with E-state index in [1.54, 1.807) is 0 Å². The molecule has 1 aromatic carbocycles. The molecule has 3 nitrogen and oxygen atoms in total. The van der Waals surface area contributed by atoms with Gasteiger partial charge in [-0.05, 0) is 43.9 Å². The first-order valence-corrected chi connectivity index (χ1v) is 6.69. The molecule has 3 N–H and O–H groups in total. The predicted molar refractivity (Wildman–Crippen MR) is 80.1 cm³/mol. The number of halogens is 2. The highest BCUT2D eigenvalue weighted by Gasteiger charge is 2.27. The van der Waals surface area contributed by atoms with Crippen molar-refractivity contribution in [2.45, 2.75) is 32.2 Å². The summed E-state index contributed by atoms with van der Waals surface area (Å²) in [4.78, 5) is 12.0. The third-order valence-electron chi connectivity index (χ3n) is 3.37. The van der Waals surface area contributed by atoms with Crippen LogP contribution in [0.4, 0.5) is 5.69 Å². The first-order chi connectivity index (χ1) is 8.08. The normalized spacial score (nSPS) is 22.4. The fourth-order valence-electron chi connectivity index (χ4n) is 2.23. The molecule has 0 heterocycles. The van der Waals surface area contributed by atoms with E-state index < -0.39 is 0 Å². The number of carbonyl (C=O) groups is 1. The van der Waals surface area contributed by atoms with Gasteiger partial charge in [0.05, 0.1) is 0 Å². The van der Waals surface area contributed by atoms with Crippen LogP contribution in [0.2, 0.25) is 0 Å². The Morgan fingerprint density at radius 3 is 2.78 bits per heavy atom. The molecule has 1 aliphatic carbocycles. The van der Waals surface area contributed by atoms with E-state index in [1.165, 1.54) is 0 Å². The van der Waals surface area contributed by atoms with Crippen molar-refractivity contribution in [2.24, 2.45) is 11.7 Å². The van der Waals surface area contributed by atoms with Gasteiger partial charge in [0.25, 0.3) is 0 Å². The summed E-state index contributed by atoms with van der Waals surface area (Å²) in [6, 6.07) is 6.01. The molecule has 1 aliphatic rings. The Bertz CT molecular complexity index is 439. The first-order valence-electron chi connectivity index (χ1n) is 5.89. The van der Waals surface area contributed by atoms with Crippen LogP contribution < -0.4 is 11.1 Å². The molecular formula is C13H18BrClN2O. The summed E-state index contributed by atoms with van der Waals surface area (Å²) >= 11 is 3.46. The summed E-state index contributed by atoms with van der Waals surface area (Å²) < 4.78 is 1.01. The maximum Gasteiger partial charge on any atom is 0.227 e. The predicted octanol–water partition coefficient (Wildman–Crippen LogP) is 3.25. The highest BCUT2D eigenvalue weighted by atomic mass is 79.9. The number of nitrogens with one attached hydrogen (secondary N) is 1. The molecule has 0 aromatic heterocycles. The second kappa shape index (κ2) is 6.55. The Morgan fingerprint density at radius 2 is 2.17 bits per heavy atom. The summed E-state index contributed by atoms with van der Waals surface area (Å²) in [7, 11) is 0. The number of rotatable bonds is 2. The molecule has 1 amide bonds. The van der Waals surface area contributed by atoms with Crippen molar-refractivity contribution in [3.8, 4) is 0 Å². The molecular weight excluding hydrogens is 316 g/mol. The van der Waals surface area contributed by atoms with Crippen LogP contribution in [-0.4, -0.2) is 11.9 Å². The topological polar surface area (TPSA) is 55.1 Å². The second-order valence-corrected chi connectivity index (χ2v) is 5.53. The minimum atomic E-state index is 0. The van der Waals surface area contributed by atoms with Crippen molar-refractivity contribution < 1.29 is 4.79 Å². The van der Waals surface area contributed by atoms with E-state index in [0.717, 1.165) is 35.0 Å². The van der Waals surface area contributed by atoms with Gasteiger partial charge < -0.3 is 11.1 Å². The zero-order valence-corrected chi connectivity index (χ0v) is 12.7. The Labute approximate surface area is 122 Å². The van der Waals surface area contributed by atoms with Gasteiger partial charge in [0, 0.05) is 22.1 Å². The SMILES string of the molecule is Cc1c(Br)cccc1NC(=O)C1CCC(N)C1.Cl. The first kappa shape index (κ1) is 15.5. The standard InChI is InChI=1S/C13H17BrN2O.ClH/c1-8-11(14)3-2-4-12(8)16-13(17)9-5-6-10(15)7-9;/h2-4,9-10H,5-7,15H2,1H3,(H,16,17);1H. The zero-order chi connectivity index (χ0) is 12.4. The smallest absolute Gasteiger partial charge is 0.227 e. The molecule has 0 aliphatic heterocycles. The van der Waals surface area contributed by atoms with Crippen LogP contribution in [0.15, 0.2) is 22.7 Å². The largest absolute Gasteiger partial charge is 0.328 e. The van der Waals surface area contributed by atoms with Crippen LogP contribution in [0.25, 0.3) is 0 Å². The van der Waals surface area contributed by atoms with Crippen LogP contribution in [0.5, 0.6) is 0 Å². The summed E-state index contributed by atoms with van der Waals surface area (Å²) in [6.07, 6.45) is 2.66. The summed E-state index contributed by atoms with van der Waals surface area (Å²) in [5.41, 5.74) is 7.76. The molecule has 1 aromatic rings. The van der Waals surface area contributed by atoms with Crippen LogP contribution >= 0.6 is 28.3 Å². The zero-order valence-electron chi connectivity index (χ0n) is 10.3. The van der Waals surface area contributed by atoms with Crippen molar-refractivity contribution in [1.29, 1.82) is 0 Å². The highest BCUT2D eigenvalue weighted by molar-refractivity contribution is 9.10. The molecule has 2 unspecified atom stereocenters. The highest BCUT2D eigenvalue weighted by Crippen LogP contribution is 2.28. The van der Waals surface area contributed by atoms with E-state index >= 15 is 0 Å². The minimum Gasteiger partial charge on any atom is -0.328 e. The molecule has 2 rings (SSSR count). The molecule has 100 valence electrons. The lowest BCUT2D eigenvalue weighted by atomic mass is 10.1. The van der Waals surface area contributed by atoms with Gasteiger partial charge in [-0.3, -0.25) is 4.79 Å². The summed E-state index contributed by atoms with van der Waals surface area (Å²) in [5, 5.41) is 2.99. The van der Waals surface area contributed by atoms with Gasteiger partial charge in [-0.25, -0.2) is 0 Å². The molecule has 1 saturated carbocycles. The second-order valence-electron chi connectivity index (χ2n) is 4.67. The van der Waals surface area contributed by atoms with Gasteiger partial charge in [0.15, 0.2) is 0 Å². The van der Waals surface area contributed by atoms with Gasteiger partial charge in [-0.1, -0.05) is 22.0 Å². The van der Waals surface area contributed by atoms with Gasteiger partial charge >= 0.3 is 0 Å². The number of nitrogens with two attached hydrogens (primary N) is 1. The molecule has 0 radical (unpaired) electrons. The number of hydrogen-bond acceptors (Lipinski definition) is 2. The van der Waals surface area contributed by atoms with Crippen LogP contribution in [0.1, 0.15) is 24.8 Å². The Kier molecular flexibility index (Phi) is 5.63. The molecule has 5 heteroatoms. The van der Waals surface area contributed by atoms with Crippen LogP contribution in [0, 0.1) is 12.8 Å². The van der Waals surface area contributed by atoms with E-state index in [-0.39, 0.29) is 30.3 Å². The third kappa shape index (κ3) is 3.46. The van der Waals surface area contributed by atoms with Crippen LogP contribution in [0.3, 0.4) is 0 Å². The van der Waals surface area contributed by atoms with E-state index in [9.17, 15) is 4.79 Å². The monoisotopic (exact) mass is 332 g/mol. The lowest BCUT2D eigenvalue weighted by molar-refractivity contribution is -0.119. The number of amides is 1. The average molecular weight is 334 g/mol. The summed E-state index contributed by atoms with van der Waals surface area (Å²) in [6.45, 7) is 1.99. The van der Waals surface area contributed by atoms with Crippen molar-refractivity contribution in [2.75, 3.05) is 5.32 Å². The third-order valence-corrected chi connectivity index (χ3v) is 4.23. The van der Waals surface area contributed by atoms with E-state index in [2.05, 4.69) is 21.2 Å². The quantitative estimate of drug-likeness (QED) is 0.873. The Balaban J connectivity index is 0.00000162. The van der Waals surface area contributed by atoms with Crippen molar-refractivity contribution >= 4 is 39.9 Å². The van der Waals surface area contributed by atoms with Gasteiger partial charge in [-0.2, -0.15) is 0 Å². The van der Waals surface area contributed by atoms with Crippen molar-refractivity contribution in [1.82, 2.24) is 0 Å². The van der Waals surface area contributed by atoms with Crippen molar-refractivity contribution in [3.05, 3.63) is 28.2 Å². The van der Waals surface area contributed by atoms with E-state index in [1.807, 2.05) is 25.1 Å².